The average molecular weight is 305 g/mol. The van der Waals surface area contributed by atoms with E-state index < -0.39 is 5.97 Å². The average Bonchev–Trinajstić information content (AvgIpc) is 2.93. The van der Waals surface area contributed by atoms with E-state index in [2.05, 4.69) is 10.5 Å². The Balaban J connectivity index is 2.37. The van der Waals surface area contributed by atoms with Gasteiger partial charge in [-0.15, -0.1) is 0 Å². The lowest BCUT2D eigenvalue weighted by atomic mass is 10.1. The highest BCUT2D eigenvalue weighted by molar-refractivity contribution is 6.08. The van der Waals surface area contributed by atoms with Gasteiger partial charge < -0.3 is 19.1 Å². The van der Waals surface area contributed by atoms with Crippen LogP contribution in [0.1, 0.15) is 44.8 Å². The Kier molecular flexibility index (Phi) is 4.35. The fourth-order valence-corrected chi connectivity index (χ4v) is 2.40. The Labute approximate surface area is 128 Å². The van der Waals surface area contributed by atoms with Gasteiger partial charge in [-0.25, -0.2) is 4.79 Å². The third-order valence-corrected chi connectivity index (χ3v) is 3.50. The van der Waals surface area contributed by atoms with Crippen LogP contribution in [0.2, 0.25) is 0 Å². The lowest BCUT2D eigenvalue weighted by Gasteiger charge is -2.05. The number of anilines is 1. The fourth-order valence-electron chi connectivity index (χ4n) is 2.40. The summed E-state index contributed by atoms with van der Waals surface area (Å²) in [6.07, 6.45) is 0. The summed E-state index contributed by atoms with van der Waals surface area (Å²) in [5, 5.41) is 6.39. The number of carbonyl (C=O) groups excluding carboxylic acids is 2. The predicted molar refractivity (Wildman–Crippen MR) is 80.0 cm³/mol. The van der Waals surface area contributed by atoms with Crippen LogP contribution in [0.3, 0.4) is 0 Å². The number of esters is 1. The smallest absolute Gasteiger partial charge is 0.355 e. The van der Waals surface area contributed by atoms with Gasteiger partial charge in [-0.3, -0.25) is 4.79 Å². The lowest BCUT2D eigenvalue weighted by molar-refractivity contribution is 0.0514. The van der Waals surface area contributed by atoms with Crippen LogP contribution in [-0.2, 0) is 11.8 Å². The summed E-state index contributed by atoms with van der Waals surface area (Å²) in [6.45, 7) is 7.26. The minimum Gasteiger partial charge on any atom is -0.461 e. The number of hydrogen-bond donors (Lipinski definition) is 1. The second kappa shape index (κ2) is 6.05. The van der Waals surface area contributed by atoms with E-state index in [1.165, 1.54) is 0 Å². The summed E-state index contributed by atoms with van der Waals surface area (Å²) in [6, 6.07) is 1.62. The second-order valence-corrected chi connectivity index (χ2v) is 4.99. The molecule has 0 aliphatic carbocycles. The Hall–Kier alpha value is -2.57. The van der Waals surface area contributed by atoms with Crippen molar-refractivity contribution in [1.82, 2.24) is 9.72 Å². The molecule has 0 fully saturated rings. The van der Waals surface area contributed by atoms with E-state index in [1.807, 2.05) is 0 Å². The summed E-state index contributed by atoms with van der Waals surface area (Å²) >= 11 is 0. The van der Waals surface area contributed by atoms with Crippen molar-refractivity contribution in [3.63, 3.8) is 0 Å². The van der Waals surface area contributed by atoms with Crippen molar-refractivity contribution < 1.29 is 18.8 Å². The van der Waals surface area contributed by atoms with Gasteiger partial charge in [-0.05, 0) is 33.3 Å². The van der Waals surface area contributed by atoms with Gasteiger partial charge in [0.2, 0.25) is 0 Å². The molecule has 0 aromatic carbocycles. The van der Waals surface area contributed by atoms with Crippen LogP contribution in [0.4, 0.5) is 5.82 Å². The van der Waals surface area contributed by atoms with Crippen LogP contribution in [0.5, 0.6) is 0 Å². The molecule has 0 saturated carbocycles. The number of amides is 1. The fraction of sp³-hybridized carbons (Fsp3) is 0.400. The second-order valence-electron chi connectivity index (χ2n) is 4.99. The molecular formula is C15H19N3O4. The zero-order chi connectivity index (χ0) is 16.4. The van der Waals surface area contributed by atoms with Gasteiger partial charge >= 0.3 is 5.97 Å². The first-order valence-electron chi connectivity index (χ1n) is 6.94. The van der Waals surface area contributed by atoms with Crippen molar-refractivity contribution in [1.29, 1.82) is 0 Å². The Bertz CT molecular complexity index is 727. The normalized spacial score (nSPS) is 10.6. The van der Waals surface area contributed by atoms with Crippen LogP contribution in [-0.4, -0.2) is 28.2 Å². The quantitative estimate of drug-likeness (QED) is 0.876. The Morgan fingerprint density at radius 2 is 2.05 bits per heavy atom. The van der Waals surface area contributed by atoms with E-state index in [4.69, 9.17) is 9.26 Å². The molecule has 7 nitrogen and oxygen atoms in total. The summed E-state index contributed by atoms with van der Waals surface area (Å²) < 4.78 is 11.6. The molecule has 0 atom stereocenters. The number of nitrogens with one attached hydrogen (secondary N) is 1. The van der Waals surface area contributed by atoms with Gasteiger partial charge in [0.25, 0.3) is 5.91 Å². The molecule has 2 rings (SSSR count). The third kappa shape index (κ3) is 2.74. The number of ether oxygens (including phenoxy) is 1. The number of rotatable bonds is 4. The molecule has 2 aromatic rings. The van der Waals surface area contributed by atoms with Crippen LogP contribution < -0.4 is 5.32 Å². The van der Waals surface area contributed by atoms with Crippen LogP contribution in [0.15, 0.2) is 10.6 Å². The molecule has 1 amide bonds. The summed E-state index contributed by atoms with van der Waals surface area (Å²) in [5.74, 6) is 0.156. The monoisotopic (exact) mass is 305 g/mol. The Morgan fingerprint density at radius 3 is 2.59 bits per heavy atom. The van der Waals surface area contributed by atoms with E-state index in [0.29, 0.717) is 34.1 Å². The molecule has 0 radical (unpaired) electrons. The Morgan fingerprint density at radius 1 is 1.36 bits per heavy atom. The minimum absolute atomic E-state index is 0.280. The van der Waals surface area contributed by atoms with Gasteiger partial charge in [0.15, 0.2) is 5.82 Å². The number of nitrogens with zero attached hydrogens (tertiary/aromatic N) is 2. The van der Waals surface area contributed by atoms with Crippen molar-refractivity contribution in [2.24, 2.45) is 7.05 Å². The molecule has 0 spiro atoms. The van der Waals surface area contributed by atoms with Gasteiger partial charge in [-0.2, -0.15) is 0 Å². The molecule has 0 bridgehead atoms. The van der Waals surface area contributed by atoms with E-state index >= 15 is 0 Å². The highest BCUT2D eigenvalue weighted by atomic mass is 16.5. The maximum Gasteiger partial charge on any atom is 0.355 e. The highest BCUT2D eigenvalue weighted by Crippen LogP contribution is 2.23. The minimum atomic E-state index is -0.443. The maximum atomic E-state index is 12.5. The molecule has 2 aromatic heterocycles. The first kappa shape index (κ1) is 15.8. The summed E-state index contributed by atoms with van der Waals surface area (Å²) in [7, 11) is 1.73. The number of aromatic nitrogens is 2. The van der Waals surface area contributed by atoms with Crippen molar-refractivity contribution in [2.75, 3.05) is 11.9 Å². The van der Waals surface area contributed by atoms with Crippen molar-refractivity contribution in [3.8, 4) is 0 Å². The van der Waals surface area contributed by atoms with E-state index in [0.717, 1.165) is 0 Å². The van der Waals surface area contributed by atoms with Gasteiger partial charge in [-0.1, -0.05) is 5.16 Å². The first-order valence-corrected chi connectivity index (χ1v) is 6.94. The van der Waals surface area contributed by atoms with E-state index in [9.17, 15) is 9.59 Å². The molecule has 2 heterocycles. The van der Waals surface area contributed by atoms with E-state index in [-0.39, 0.29) is 12.5 Å². The SMILES string of the molecule is CCOC(=O)c1c(C)c(C(=O)Nc2cc(C)on2)c(C)n1C. The maximum absolute atomic E-state index is 12.5. The van der Waals surface area contributed by atoms with Gasteiger partial charge in [0, 0.05) is 18.8 Å². The predicted octanol–water partition coefficient (Wildman–Crippen LogP) is 2.37. The number of hydrogen-bond acceptors (Lipinski definition) is 5. The van der Waals surface area contributed by atoms with E-state index in [1.54, 1.807) is 45.4 Å². The summed E-state index contributed by atoms with van der Waals surface area (Å²) in [5.41, 5.74) is 2.07. The zero-order valence-corrected chi connectivity index (χ0v) is 13.3. The van der Waals surface area contributed by atoms with Crippen LogP contribution in [0, 0.1) is 20.8 Å². The zero-order valence-electron chi connectivity index (χ0n) is 13.3. The largest absolute Gasteiger partial charge is 0.461 e. The molecule has 22 heavy (non-hydrogen) atoms. The molecule has 0 aliphatic heterocycles. The highest BCUT2D eigenvalue weighted by Gasteiger charge is 2.26. The van der Waals surface area contributed by atoms with Crippen molar-refractivity contribution >= 4 is 17.7 Å². The van der Waals surface area contributed by atoms with Crippen LogP contribution in [0.25, 0.3) is 0 Å². The first-order chi connectivity index (χ1) is 10.4. The molecule has 1 N–H and O–H groups in total. The number of carbonyl (C=O) groups is 2. The lowest BCUT2D eigenvalue weighted by Crippen LogP contribution is -2.14. The van der Waals surface area contributed by atoms with Gasteiger partial charge in [0.1, 0.15) is 11.5 Å². The topological polar surface area (TPSA) is 86.4 Å². The van der Waals surface area contributed by atoms with Crippen LogP contribution >= 0.6 is 0 Å². The van der Waals surface area contributed by atoms with Crippen molar-refractivity contribution in [2.45, 2.75) is 27.7 Å². The molecule has 118 valence electrons. The molecule has 0 aliphatic rings. The third-order valence-electron chi connectivity index (χ3n) is 3.50. The van der Waals surface area contributed by atoms with Crippen molar-refractivity contribution in [3.05, 3.63) is 34.3 Å². The molecule has 0 unspecified atom stereocenters. The number of aryl methyl sites for hydroxylation is 1. The molecular weight excluding hydrogens is 286 g/mol. The molecule has 0 saturated heterocycles. The van der Waals surface area contributed by atoms with Gasteiger partial charge in [0.05, 0.1) is 12.2 Å². The standard InChI is InChI=1S/C15H19N3O4/c1-6-21-15(20)13-9(3)12(10(4)18(13)5)14(19)16-11-7-8(2)22-17-11/h7H,6H2,1-5H3,(H,16,17,19). The summed E-state index contributed by atoms with van der Waals surface area (Å²) in [4.78, 5) is 24.5. The molecule has 7 heteroatoms.